The van der Waals surface area contributed by atoms with Gasteiger partial charge in [-0.25, -0.2) is 0 Å². The van der Waals surface area contributed by atoms with Gasteiger partial charge < -0.3 is 15.1 Å². The van der Waals surface area contributed by atoms with Gasteiger partial charge in [0.05, 0.1) is 0 Å². The molecule has 1 aliphatic carbocycles. The van der Waals surface area contributed by atoms with E-state index in [1.807, 2.05) is 13.1 Å². The first-order valence-electron chi connectivity index (χ1n) is 7.29. The number of hydrogen-bond acceptors (Lipinski definition) is 2. The third-order valence-corrected chi connectivity index (χ3v) is 3.77. The molecule has 0 aromatic carbocycles. The van der Waals surface area contributed by atoms with E-state index in [0.29, 0.717) is 6.04 Å². The van der Waals surface area contributed by atoms with Gasteiger partial charge in [-0.05, 0) is 45.7 Å². The molecule has 0 aromatic heterocycles. The number of hydrogen-bond donors (Lipinski definition) is 1. The van der Waals surface area contributed by atoms with E-state index in [-0.39, 0.29) is 24.0 Å². The van der Waals surface area contributed by atoms with Crippen molar-refractivity contribution < 1.29 is 0 Å². The molecule has 1 atom stereocenters. The van der Waals surface area contributed by atoms with E-state index >= 15 is 0 Å². The quantitative estimate of drug-likeness (QED) is 0.226. The summed E-state index contributed by atoms with van der Waals surface area (Å²) in [6, 6.07) is 0.623. The lowest BCUT2D eigenvalue weighted by atomic mass is 10.1. The van der Waals surface area contributed by atoms with Crippen LogP contribution in [0.15, 0.2) is 17.6 Å². The SMILES string of the molecule is C=CCCCN(C)C(=NC)NCC(C1CC1)N(C)C.I. The molecule has 4 nitrogen and oxygen atoms in total. The first-order chi connectivity index (χ1) is 9.10. The van der Waals surface area contributed by atoms with Crippen molar-refractivity contribution in [1.82, 2.24) is 15.1 Å². The zero-order chi connectivity index (χ0) is 14.3. The van der Waals surface area contributed by atoms with Crippen LogP contribution in [0, 0.1) is 5.92 Å². The number of nitrogens with one attached hydrogen (secondary N) is 1. The number of aliphatic imine (C=N–C) groups is 1. The van der Waals surface area contributed by atoms with Crippen LogP contribution in [0.1, 0.15) is 25.7 Å². The second-order valence-electron chi connectivity index (χ2n) is 5.65. The number of halogens is 1. The second kappa shape index (κ2) is 10.4. The fourth-order valence-corrected chi connectivity index (χ4v) is 2.41. The molecular formula is C15H31IN4. The van der Waals surface area contributed by atoms with Crippen molar-refractivity contribution in [2.45, 2.75) is 31.7 Å². The highest BCUT2D eigenvalue weighted by Crippen LogP contribution is 2.34. The monoisotopic (exact) mass is 394 g/mol. The minimum atomic E-state index is 0. The Balaban J connectivity index is 0.00000361. The maximum Gasteiger partial charge on any atom is 0.193 e. The Morgan fingerprint density at radius 3 is 2.50 bits per heavy atom. The summed E-state index contributed by atoms with van der Waals surface area (Å²) in [4.78, 5) is 8.89. The Bertz CT molecular complexity index is 298. The Morgan fingerprint density at radius 1 is 1.40 bits per heavy atom. The molecular weight excluding hydrogens is 363 g/mol. The molecule has 0 bridgehead atoms. The van der Waals surface area contributed by atoms with Crippen LogP contribution in [0.2, 0.25) is 0 Å². The molecule has 0 heterocycles. The highest BCUT2D eigenvalue weighted by molar-refractivity contribution is 14.0. The van der Waals surface area contributed by atoms with Gasteiger partial charge in [-0.1, -0.05) is 6.08 Å². The van der Waals surface area contributed by atoms with E-state index in [1.165, 1.54) is 12.8 Å². The summed E-state index contributed by atoms with van der Waals surface area (Å²) in [5.74, 6) is 1.86. The highest BCUT2D eigenvalue weighted by Gasteiger charge is 2.32. The summed E-state index contributed by atoms with van der Waals surface area (Å²) < 4.78 is 0. The van der Waals surface area contributed by atoms with E-state index in [9.17, 15) is 0 Å². The molecule has 20 heavy (non-hydrogen) atoms. The fraction of sp³-hybridized carbons (Fsp3) is 0.800. The van der Waals surface area contributed by atoms with Crippen LogP contribution < -0.4 is 5.32 Å². The molecule has 0 saturated heterocycles. The number of allylic oxidation sites excluding steroid dienone is 1. The number of unbranched alkanes of at least 4 members (excludes halogenated alkanes) is 1. The standard InChI is InChI=1S/C15H30N4.HI/c1-6-7-8-11-19(5)15(16-2)17-12-14(18(3)4)13-9-10-13;/h6,13-14H,1,7-12H2,2-5H3,(H,16,17);1H. The summed E-state index contributed by atoms with van der Waals surface area (Å²) in [6.45, 7) is 5.76. The molecule has 0 amide bonds. The Labute approximate surface area is 141 Å². The smallest absolute Gasteiger partial charge is 0.193 e. The van der Waals surface area contributed by atoms with Crippen molar-refractivity contribution in [2.24, 2.45) is 10.9 Å². The van der Waals surface area contributed by atoms with E-state index in [2.05, 4.69) is 47.8 Å². The normalized spacial score (nSPS) is 16.6. The van der Waals surface area contributed by atoms with Gasteiger partial charge in [-0.15, -0.1) is 30.6 Å². The van der Waals surface area contributed by atoms with Crippen LogP contribution in [-0.4, -0.2) is 63.1 Å². The van der Waals surface area contributed by atoms with Crippen LogP contribution in [0.4, 0.5) is 0 Å². The molecule has 5 heteroatoms. The van der Waals surface area contributed by atoms with Gasteiger partial charge in [0.1, 0.15) is 0 Å². The third kappa shape index (κ3) is 6.92. The van der Waals surface area contributed by atoms with Gasteiger partial charge in [0.15, 0.2) is 5.96 Å². The largest absolute Gasteiger partial charge is 0.355 e. The van der Waals surface area contributed by atoms with Gasteiger partial charge in [0.25, 0.3) is 0 Å². The number of nitrogens with zero attached hydrogens (tertiary/aromatic N) is 3. The average Bonchev–Trinajstić information content (AvgIpc) is 3.18. The van der Waals surface area contributed by atoms with Gasteiger partial charge in [0, 0.05) is 33.2 Å². The molecule has 1 N–H and O–H groups in total. The van der Waals surface area contributed by atoms with Crippen LogP contribution in [0.25, 0.3) is 0 Å². The topological polar surface area (TPSA) is 30.9 Å². The van der Waals surface area contributed by atoms with Crippen LogP contribution in [0.3, 0.4) is 0 Å². The minimum Gasteiger partial charge on any atom is -0.355 e. The zero-order valence-electron chi connectivity index (χ0n) is 13.4. The lowest BCUT2D eigenvalue weighted by Crippen LogP contribution is -2.46. The van der Waals surface area contributed by atoms with E-state index in [4.69, 9.17) is 0 Å². The first kappa shape index (κ1) is 19.7. The van der Waals surface area contributed by atoms with Gasteiger partial charge >= 0.3 is 0 Å². The molecule has 0 aromatic rings. The summed E-state index contributed by atoms with van der Waals surface area (Å²) in [7, 11) is 8.29. The molecule has 1 unspecified atom stereocenters. The van der Waals surface area contributed by atoms with Gasteiger partial charge in [-0.3, -0.25) is 4.99 Å². The molecule has 0 spiro atoms. The van der Waals surface area contributed by atoms with Crippen molar-refractivity contribution in [3.05, 3.63) is 12.7 Å². The van der Waals surface area contributed by atoms with E-state index in [1.54, 1.807) is 0 Å². The maximum absolute atomic E-state index is 4.36. The molecule has 0 aliphatic heterocycles. The Hall–Kier alpha value is -0.300. The molecule has 1 aliphatic rings. The van der Waals surface area contributed by atoms with Crippen LogP contribution in [0.5, 0.6) is 0 Å². The van der Waals surface area contributed by atoms with Crippen LogP contribution >= 0.6 is 24.0 Å². The minimum absolute atomic E-state index is 0. The lowest BCUT2D eigenvalue weighted by Gasteiger charge is -2.28. The van der Waals surface area contributed by atoms with Crippen molar-refractivity contribution in [3.8, 4) is 0 Å². The van der Waals surface area contributed by atoms with Crippen LogP contribution in [-0.2, 0) is 0 Å². The fourth-order valence-electron chi connectivity index (χ4n) is 2.41. The molecule has 1 rings (SSSR count). The number of likely N-dealkylation sites (N-methyl/N-ethyl adjacent to an activating group) is 1. The average molecular weight is 394 g/mol. The second-order valence-corrected chi connectivity index (χ2v) is 5.65. The zero-order valence-corrected chi connectivity index (χ0v) is 15.8. The lowest BCUT2D eigenvalue weighted by molar-refractivity contribution is 0.262. The molecule has 118 valence electrons. The van der Waals surface area contributed by atoms with E-state index < -0.39 is 0 Å². The van der Waals surface area contributed by atoms with Crippen molar-refractivity contribution >= 4 is 29.9 Å². The Kier molecular flexibility index (Phi) is 10.3. The summed E-state index contributed by atoms with van der Waals surface area (Å²) in [5, 5.41) is 3.51. The maximum atomic E-state index is 4.36. The highest BCUT2D eigenvalue weighted by atomic mass is 127. The molecule has 1 fully saturated rings. The van der Waals surface area contributed by atoms with Gasteiger partial charge in [0.2, 0.25) is 0 Å². The van der Waals surface area contributed by atoms with Crippen molar-refractivity contribution in [3.63, 3.8) is 0 Å². The Morgan fingerprint density at radius 2 is 2.05 bits per heavy atom. The van der Waals surface area contributed by atoms with Gasteiger partial charge in [-0.2, -0.15) is 0 Å². The predicted molar refractivity (Wildman–Crippen MR) is 99.0 cm³/mol. The van der Waals surface area contributed by atoms with E-state index in [0.717, 1.165) is 37.8 Å². The number of guanidine groups is 1. The molecule has 0 radical (unpaired) electrons. The summed E-state index contributed by atoms with van der Waals surface area (Å²) >= 11 is 0. The predicted octanol–water partition coefficient (Wildman–Crippen LogP) is 2.42. The van der Waals surface area contributed by atoms with Crippen molar-refractivity contribution in [1.29, 1.82) is 0 Å². The first-order valence-corrected chi connectivity index (χ1v) is 7.29. The third-order valence-electron chi connectivity index (χ3n) is 3.77. The van der Waals surface area contributed by atoms with Crippen molar-refractivity contribution in [2.75, 3.05) is 41.3 Å². The molecule has 1 saturated carbocycles. The summed E-state index contributed by atoms with van der Waals surface area (Å²) in [6.07, 6.45) is 6.90. The summed E-state index contributed by atoms with van der Waals surface area (Å²) in [5.41, 5.74) is 0. The number of rotatable bonds is 8.